The van der Waals surface area contributed by atoms with Gasteiger partial charge in [-0.1, -0.05) is 30.3 Å². The van der Waals surface area contributed by atoms with Crippen LogP contribution in [-0.2, 0) is 40.6 Å². The molecule has 0 saturated carbocycles. The maximum Gasteiger partial charge on any atom is 0.408 e. The molecule has 0 radical (unpaired) electrons. The molecule has 2 aromatic carbocycles. The quantitative estimate of drug-likeness (QED) is 0.307. The van der Waals surface area contributed by atoms with Crippen molar-refractivity contribution in [2.75, 3.05) is 19.1 Å². The van der Waals surface area contributed by atoms with E-state index >= 15 is 0 Å². The number of esters is 1. The van der Waals surface area contributed by atoms with Gasteiger partial charge in [0, 0.05) is 18.4 Å². The van der Waals surface area contributed by atoms with Gasteiger partial charge in [-0.15, -0.1) is 3.77 Å². The molecule has 2 rings (SSSR count). The molecular formula is C19H21N3O9S2. The van der Waals surface area contributed by atoms with Crippen LogP contribution in [-0.4, -0.2) is 54.8 Å². The molecule has 2 aromatic rings. The minimum absolute atomic E-state index is 0.0963. The van der Waals surface area contributed by atoms with E-state index in [4.69, 9.17) is 4.74 Å². The lowest BCUT2D eigenvalue weighted by Crippen LogP contribution is -2.46. The van der Waals surface area contributed by atoms with Crippen molar-refractivity contribution in [2.45, 2.75) is 17.5 Å². The predicted octanol–water partition coefficient (Wildman–Crippen LogP) is 1.85. The number of hydrogen-bond donors (Lipinski definition) is 1. The molecule has 1 unspecified atom stereocenters. The SMILES string of the molecule is COC(=O)[C@@H](CS(C)(=O)=NS(=O)(=O)c1ccc([N+](=O)[O-])cc1)NC(=O)OCc1ccccc1. The summed E-state index contributed by atoms with van der Waals surface area (Å²) in [7, 11) is -7.04. The number of nitrogens with zero attached hydrogens (tertiary/aromatic N) is 2. The molecule has 1 amide bonds. The Morgan fingerprint density at radius 1 is 1.09 bits per heavy atom. The number of sulfonamides is 1. The molecule has 178 valence electrons. The van der Waals surface area contributed by atoms with Gasteiger partial charge in [0.05, 0.1) is 32.4 Å². The van der Waals surface area contributed by atoms with Crippen LogP contribution < -0.4 is 5.32 Å². The first-order valence-corrected chi connectivity index (χ1v) is 12.7. The number of ether oxygens (including phenoxy) is 2. The van der Waals surface area contributed by atoms with E-state index in [9.17, 15) is 32.3 Å². The summed E-state index contributed by atoms with van der Waals surface area (Å²) in [4.78, 5) is 33.7. The molecule has 0 aromatic heterocycles. The zero-order valence-corrected chi connectivity index (χ0v) is 19.2. The second-order valence-corrected chi connectivity index (χ2v) is 11.0. The molecule has 2 atom stereocenters. The van der Waals surface area contributed by atoms with Crippen molar-refractivity contribution in [1.82, 2.24) is 5.32 Å². The van der Waals surface area contributed by atoms with Crippen molar-refractivity contribution < 1.29 is 36.6 Å². The standard InChI is InChI=1S/C19H21N3O9S2/c1-30-18(23)17(20-19(24)31-12-14-6-4-3-5-7-14)13-32(2,27)21-33(28,29)16-10-8-15(9-11-16)22(25)26/h3-11,17H,12-13H2,1-2H3,(H,20,24)/t17-,32?/m1/s1. The number of carbonyl (C=O) groups is 2. The summed E-state index contributed by atoms with van der Waals surface area (Å²) in [5.41, 5.74) is 0.348. The van der Waals surface area contributed by atoms with Crippen molar-refractivity contribution in [1.29, 1.82) is 0 Å². The molecule has 0 fully saturated rings. The van der Waals surface area contributed by atoms with Crippen LogP contribution in [0.2, 0.25) is 0 Å². The Morgan fingerprint density at radius 3 is 2.24 bits per heavy atom. The summed E-state index contributed by atoms with van der Waals surface area (Å²) in [6.07, 6.45) is -0.0225. The number of nitrogens with one attached hydrogen (secondary N) is 1. The summed E-state index contributed by atoms with van der Waals surface area (Å²) in [6.45, 7) is -0.0963. The van der Waals surface area contributed by atoms with Gasteiger partial charge in [0.2, 0.25) is 0 Å². The first-order valence-electron chi connectivity index (χ1n) is 9.19. The Labute approximate surface area is 190 Å². The number of non-ortho nitro benzene ring substituents is 1. The average Bonchev–Trinajstić information content (AvgIpc) is 2.76. The van der Waals surface area contributed by atoms with E-state index in [0.29, 0.717) is 5.56 Å². The van der Waals surface area contributed by atoms with Crippen LogP contribution in [0.5, 0.6) is 0 Å². The fraction of sp³-hybridized carbons (Fsp3) is 0.263. The first kappa shape index (κ1) is 25.7. The zero-order chi connectivity index (χ0) is 24.6. The van der Waals surface area contributed by atoms with Crippen LogP contribution in [0.4, 0.5) is 10.5 Å². The number of benzene rings is 2. The predicted molar refractivity (Wildman–Crippen MR) is 117 cm³/mol. The number of methoxy groups -OCH3 is 1. The summed E-state index contributed by atoms with van der Waals surface area (Å²) in [5, 5.41) is 12.9. The van der Waals surface area contributed by atoms with Crippen LogP contribution in [0.1, 0.15) is 5.56 Å². The Hall–Kier alpha value is -3.52. The highest BCUT2D eigenvalue weighted by Gasteiger charge is 2.28. The monoisotopic (exact) mass is 499 g/mol. The fourth-order valence-electron chi connectivity index (χ4n) is 2.55. The van der Waals surface area contributed by atoms with Crippen molar-refractivity contribution in [3.63, 3.8) is 0 Å². The van der Waals surface area contributed by atoms with Crippen molar-refractivity contribution in [3.05, 3.63) is 70.3 Å². The number of carbonyl (C=O) groups excluding carboxylic acids is 2. The van der Waals surface area contributed by atoms with E-state index in [-0.39, 0.29) is 12.3 Å². The van der Waals surface area contributed by atoms with Gasteiger partial charge < -0.3 is 14.8 Å². The number of alkyl carbamates (subject to hydrolysis) is 1. The van der Waals surface area contributed by atoms with E-state index in [2.05, 4.69) is 13.8 Å². The third-order valence-electron chi connectivity index (χ3n) is 4.07. The van der Waals surface area contributed by atoms with E-state index < -0.39 is 53.4 Å². The number of nitro groups is 1. The van der Waals surface area contributed by atoms with Crippen LogP contribution in [0.15, 0.2) is 63.3 Å². The smallest absolute Gasteiger partial charge is 0.408 e. The van der Waals surface area contributed by atoms with Crippen molar-refractivity contribution in [3.8, 4) is 0 Å². The summed E-state index contributed by atoms with van der Waals surface area (Å²) in [5.74, 6) is -1.67. The normalized spacial score (nSPS) is 13.8. The Balaban J connectivity index is 2.17. The zero-order valence-electron chi connectivity index (χ0n) is 17.6. The molecule has 0 saturated heterocycles. The van der Waals surface area contributed by atoms with Crippen molar-refractivity contribution >= 4 is 37.5 Å². The molecule has 12 nitrogen and oxygen atoms in total. The fourth-order valence-corrected chi connectivity index (χ4v) is 6.11. The molecular weight excluding hydrogens is 478 g/mol. The molecule has 0 aliphatic carbocycles. The highest BCUT2D eigenvalue weighted by molar-refractivity contribution is 8.03. The largest absolute Gasteiger partial charge is 0.467 e. The molecule has 0 aliphatic heterocycles. The lowest BCUT2D eigenvalue weighted by atomic mass is 10.2. The minimum atomic E-state index is -4.48. The number of hydrogen-bond acceptors (Lipinski definition) is 9. The first-order chi connectivity index (χ1) is 15.4. The van der Waals surface area contributed by atoms with Gasteiger partial charge in [0.25, 0.3) is 15.7 Å². The van der Waals surface area contributed by atoms with Gasteiger partial charge in [-0.2, -0.15) is 8.42 Å². The average molecular weight is 500 g/mol. The van der Waals surface area contributed by atoms with Gasteiger partial charge in [-0.05, 0) is 17.7 Å². The second-order valence-electron chi connectivity index (χ2n) is 6.71. The summed E-state index contributed by atoms with van der Waals surface area (Å²) >= 11 is 0. The molecule has 14 heteroatoms. The number of amides is 1. The van der Waals surface area contributed by atoms with Gasteiger partial charge in [-0.3, -0.25) is 10.1 Å². The van der Waals surface area contributed by atoms with Crippen LogP contribution in [0.25, 0.3) is 0 Å². The third-order valence-corrected chi connectivity index (χ3v) is 7.93. The van der Waals surface area contributed by atoms with E-state index in [1.807, 2.05) is 0 Å². The van der Waals surface area contributed by atoms with Crippen LogP contribution in [0.3, 0.4) is 0 Å². The topological polar surface area (TPSA) is 171 Å². The van der Waals surface area contributed by atoms with Gasteiger partial charge >= 0.3 is 12.1 Å². The van der Waals surface area contributed by atoms with Crippen LogP contribution >= 0.6 is 0 Å². The Morgan fingerprint density at radius 2 is 1.70 bits per heavy atom. The second kappa shape index (κ2) is 10.9. The molecule has 0 heterocycles. The maximum atomic E-state index is 12.9. The number of nitro benzene ring substituents is 1. The highest BCUT2D eigenvalue weighted by Crippen LogP contribution is 2.19. The van der Waals surface area contributed by atoms with Crippen molar-refractivity contribution in [2.24, 2.45) is 3.77 Å². The highest BCUT2D eigenvalue weighted by atomic mass is 32.3. The van der Waals surface area contributed by atoms with Gasteiger partial charge in [-0.25, -0.2) is 13.8 Å². The summed E-state index contributed by atoms with van der Waals surface area (Å²) in [6, 6.07) is 11.0. The van der Waals surface area contributed by atoms with E-state index in [0.717, 1.165) is 37.6 Å². The lowest BCUT2D eigenvalue weighted by Gasteiger charge is -2.17. The molecule has 0 bridgehead atoms. The van der Waals surface area contributed by atoms with E-state index in [1.54, 1.807) is 30.3 Å². The maximum absolute atomic E-state index is 12.9. The Bertz CT molecular complexity index is 1240. The minimum Gasteiger partial charge on any atom is -0.467 e. The summed E-state index contributed by atoms with van der Waals surface area (Å²) < 4.78 is 50.8. The molecule has 0 aliphatic rings. The molecule has 0 spiro atoms. The molecule has 33 heavy (non-hydrogen) atoms. The third kappa shape index (κ3) is 7.84. The van der Waals surface area contributed by atoms with Gasteiger partial charge in [0.1, 0.15) is 12.6 Å². The van der Waals surface area contributed by atoms with Gasteiger partial charge in [0.15, 0.2) is 0 Å². The lowest BCUT2D eigenvalue weighted by molar-refractivity contribution is -0.384. The molecule has 1 N–H and O–H groups in total. The number of rotatable bonds is 9. The Kier molecular flexibility index (Phi) is 8.48. The van der Waals surface area contributed by atoms with E-state index in [1.165, 1.54) is 0 Å². The van der Waals surface area contributed by atoms with Crippen LogP contribution in [0, 0.1) is 10.1 Å².